The van der Waals surface area contributed by atoms with Gasteiger partial charge in [0.2, 0.25) is 5.43 Å². The Morgan fingerprint density at radius 3 is 2.48 bits per heavy atom. The second-order valence-electron chi connectivity index (χ2n) is 6.31. The van der Waals surface area contributed by atoms with Crippen LogP contribution in [0.1, 0.15) is 28.4 Å². The predicted molar refractivity (Wildman–Crippen MR) is 107 cm³/mol. The molecule has 0 unspecified atom stereocenters. The van der Waals surface area contributed by atoms with Crippen LogP contribution in [0.15, 0.2) is 47.4 Å². The molecule has 1 amide bonds. The lowest BCUT2D eigenvalue weighted by Gasteiger charge is -2.14. The number of halogens is 5. The summed E-state index contributed by atoms with van der Waals surface area (Å²) in [6.07, 6.45) is -3.25. The van der Waals surface area contributed by atoms with Crippen molar-refractivity contribution in [2.45, 2.75) is 26.2 Å². The van der Waals surface area contributed by atoms with E-state index in [0.29, 0.717) is 27.7 Å². The molecule has 152 valence electrons. The summed E-state index contributed by atoms with van der Waals surface area (Å²) in [5.74, 6) is -0.706. The van der Waals surface area contributed by atoms with E-state index in [1.54, 1.807) is 23.6 Å². The lowest BCUT2D eigenvalue weighted by atomic mass is 10.1. The molecule has 1 N–H and O–H groups in total. The number of hydrogen-bond acceptors (Lipinski definition) is 2. The van der Waals surface area contributed by atoms with E-state index in [9.17, 15) is 22.8 Å². The summed E-state index contributed by atoms with van der Waals surface area (Å²) < 4.78 is 40.7. The monoisotopic (exact) mass is 442 g/mol. The Morgan fingerprint density at radius 1 is 1.14 bits per heavy atom. The fourth-order valence-electron chi connectivity index (χ4n) is 2.93. The van der Waals surface area contributed by atoms with Crippen LogP contribution in [0.2, 0.25) is 10.0 Å². The highest BCUT2D eigenvalue weighted by Gasteiger charge is 2.31. The minimum absolute atomic E-state index is 0.0288. The molecule has 0 bridgehead atoms. The number of fused-ring (bicyclic) bond motifs is 1. The second-order valence-corrected chi connectivity index (χ2v) is 7.15. The van der Waals surface area contributed by atoms with E-state index in [0.717, 1.165) is 12.1 Å². The molecule has 0 fully saturated rings. The molecule has 3 rings (SSSR count). The minimum atomic E-state index is -4.60. The maximum atomic E-state index is 13.1. The van der Waals surface area contributed by atoms with E-state index in [1.807, 2.05) is 0 Å². The molecule has 9 heteroatoms. The second kappa shape index (κ2) is 8.08. The number of amides is 1. The zero-order chi connectivity index (χ0) is 21.3. The number of aromatic nitrogens is 1. The van der Waals surface area contributed by atoms with E-state index in [2.05, 4.69) is 5.32 Å². The van der Waals surface area contributed by atoms with Gasteiger partial charge in [-0.2, -0.15) is 13.2 Å². The van der Waals surface area contributed by atoms with Crippen LogP contribution < -0.4 is 10.7 Å². The Labute approximate surface area is 173 Å². The molecule has 29 heavy (non-hydrogen) atoms. The Morgan fingerprint density at radius 2 is 1.86 bits per heavy atom. The molecule has 3 aromatic rings. The topological polar surface area (TPSA) is 51.1 Å². The summed E-state index contributed by atoms with van der Waals surface area (Å²) in [6.45, 7) is 2.16. The van der Waals surface area contributed by atoms with Crippen molar-refractivity contribution in [1.29, 1.82) is 0 Å². The number of nitrogens with one attached hydrogen (secondary N) is 1. The van der Waals surface area contributed by atoms with Gasteiger partial charge in [-0.05, 0) is 42.8 Å². The molecule has 0 spiro atoms. The molecular weight excluding hydrogens is 428 g/mol. The number of rotatable bonds is 4. The quantitative estimate of drug-likeness (QED) is 0.597. The SMILES string of the molecule is CCn1cc(C(=O)NCc2ccc(Cl)cc2Cl)c(=O)c2cc(C(F)(F)F)ccc21. The maximum absolute atomic E-state index is 13.1. The molecule has 2 aromatic carbocycles. The van der Waals surface area contributed by atoms with E-state index < -0.39 is 23.1 Å². The molecule has 0 aliphatic rings. The minimum Gasteiger partial charge on any atom is -0.348 e. The van der Waals surface area contributed by atoms with Gasteiger partial charge in [0.1, 0.15) is 5.56 Å². The van der Waals surface area contributed by atoms with Crippen LogP contribution >= 0.6 is 23.2 Å². The van der Waals surface area contributed by atoms with Crippen molar-refractivity contribution in [2.75, 3.05) is 0 Å². The van der Waals surface area contributed by atoms with Gasteiger partial charge in [-0.1, -0.05) is 29.3 Å². The van der Waals surface area contributed by atoms with E-state index >= 15 is 0 Å². The average molecular weight is 443 g/mol. The van der Waals surface area contributed by atoms with Crippen molar-refractivity contribution in [3.8, 4) is 0 Å². The Kier molecular flexibility index (Phi) is 5.91. The smallest absolute Gasteiger partial charge is 0.348 e. The number of carbonyl (C=O) groups excluding carboxylic acids is 1. The van der Waals surface area contributed by atoms with Gasteiger partial charge in [-0.3, -0.25) is 9.59 Å². The predicted octanol–water partition coefficient (Wildman–Crippen LogP) is 5.28. The summed E-state index contributed by atoms with van der Waals surface area (Å²) in [5, 5.41) is 3.19. The van der Waals surface area contributed by atoms with Gasteiger partial charge < -0.3 is 9.88 Å². The van der Waals surface area contributed by atoms with Crippen LogP contribution in [0.25, 0.3) is 10.9 Å². The Bertz CT molecular complexity index is 1160. The lowest BCUT2D eigenvalue weighted by molar-refractivity contribution is -0.137. The molecule has 0 aliphatic carbocycles. The first-order chi connectivity index (χ1) is 13.6. The fourth-order valence-corrected chi connectivity index (χ4v) is 3.41. The van der Waals surface area contributed by atoms with Crippen molar-refractivity contribution < 1.29 is 18.0 Å². The zero-order valence-electron chi connectivity index (χ0n) is 15.1. The van der Waals surface area contributed by atoms with E-state index in [1.165, 1.54) is 18.3 Å². The molecule has 1 heterocycles. The van der Waals surface area contributed by atoms with Crippen LogP contribution in [0, 0.1) is 0 Å². The van der Waals surface area contributed by atoms with Gasteiger partial charge in [0.25, 0.3) is 5.91 Å². The number of benzene rings is 2. The molecular formula is C20H15Cl2F3N2O2. The largest absolute Gasteiger partial charge is 0.416 e. The van der Waals surface area contributed by atoms with Crippen molar-refractivity contribution in [3.63, 3.8) is 0 Å². The number of aryl methyl sites for hydroxylation is 1. The van der Waals surface area contributed by atoms with Gasteiger partial charge in [0.05, 0.1) is 11.1 Å². The van der Waals surface area contributed by atoms with Gasteiger partial charge in [-0.15, -0.1) is 0 Å². The van der Waals surface area contributed by atoms with Crippen molar-refractivity contribution in [2.24, 2.45) is 0 Å². The number of alkyl halides is 3. The molecule has 1 aromatic heterocycles. The van der Waals surface area contributed by atoms with Crippen LogP contribution in [0.3, 0.4) is 0 Å². The molecule has 0 saturated heterocycles. The van der Waals surface area contributed by atoms with Crippen LogP contribution in [-0.4, -0.2) is 10.5 Å². The highest BCUT2D eigenvalue weighted by molar-refractivity contribution is 6.35. The third-order valence-electron chi connectivity index (χ3n) is 4.45. The number of hydrogen-bond donors (Lipinski definition) is 1. The van der Waals surface area contributed by atoms with Crippen molar-refractivity contribution in [3.05, 3.63) is 79.6 Å². The van der Waals surface area contributed by atoms with E-state index in [4.69, 9.17) is 23.2 Å². The molecule has 0 radical (unpaired) electrons. The number of carbonyl (C=O) groups is 1. The Hall–Kier alpha value is -2.51. The summed E-state index contributed by atoms with van der Waals surface area (Å²) in [6, 6.07) is 7.67. The van der Waals surface area contributed by atoms with Crippen molar-refractivity contribution in [1.82, 2.24) is 9.88 Å². The fraction of sp³-hybridized carbons (Fsp3) is 0.200. The number of pyridine rings is 1. The van der Waals surface area contributed by atoms with Gasteiger partial charge in [0, 0.05) is 34.7 Å². The standard InChI is InChI=1S/C20H15Cl2F3N2O2/c1-2-27-10-15(19(29)26-9-11-3-5-13(21)8-16(11)22)18(28)14-7-12(20(23,24)25)4-6-17(14)27/h3-8,10H,2,9H2,1H3,(H,26,29). The highest BCUT2D eigenvalue weighted by atomic mass is 35.5. The van der Waals surface area contributed by atoms with Crippen LogP contribution in [-0.2, 0) is 19.3 Å². The van der Waals surface area contributed by atoms with Gasteiger partial charge >= 0.3 is 6.18 Å². The van der Waals surface area contributed by atoms with Crippen LogP contribution in [0.4, 0.5) is 13.2 Å². The molecule has 0 aliphatic heterocycles. The molecule has 4 nitrogen and oxygen atoms in total. The normalized spacial score (nSPS) is 11.7. The molecule has 0 saturated carbocycles. The third-order valence-corrected chi connectivity index (χ3v) is 5.03. The average Bonchev–Trinajstić information content (AvgIpc) is 2.66. The first kappa shape index (κ1) is 21.2. The first-order valence-electron chi connectivity index (χ1n) is 8.58. The zero-order valence-corrected chi connectivity index (χ0v) is 16.6. The first-order valence-corrected chi connectivity index (χ1v) is 9.34. The summed E-state index contributed by atoms with van der Waals surface area (Å²) in [4.78, 5) is 25.4. The summed E-state index contributed by atoms with van der Waals surface area (Å²) in [5.41, 5.74) is -1.06. The maximum Gasteiger partial charge on any atom is 0.416 e. The van der Waals surface area contributed by atoms with Gasteiger partial charge in [0.15, 0.2) is 0 Å². The highest BCUT2D eigenvalue weighted by Crippen LogP contribution is 2.31. The third kappa shape index (κ3) is 4.41. The summed E-state index contributed by atoms with van der Waals surface area (Å²) >= 11 is 11.9. The lowest BCUT2D eigenvalue weighted by Crippen LogP contribution is -2.29. The number of nitrogens with zero attached hydrogens (tertiary/aromatic N) is 1. The molecule has 0 atom stereocenters. The Balaban J connectivity index is 2.00. The summed E-state index contributed by atoms with van der Waals surface area (Å²) in [7, 11) is 0. The van der Waals surface area contributed by atoms with Gasteiger partial charge in [-0.25, -0.2) is 0 Å². The van der Waals surface area contributed by atoms with Crippen LogP contribution in [0.5, 0.6) is 0 Å². The van der Waals surface area contributed by atoms with E-state index in [-0.39, 0.29) is 17.5 Å². The van der Waals surface area contributed by atoms with Crippen molar-refractivity contribution >= 4 is 40.0 Å².